The third-order valence-corrected chi connectivity index (χ3v) is 7.50. The Kier molecular flexibility index (Phi) is 10.2. The standard InChI is InChI=1S/C14H32N2O6P2/c1-5-19-23(17,20-6-2)13-15-10-9-11-16(12-15)14-24(18,21-7-3)22-8-4/h5-14H2,1-4H3. The lowest BCUT2D eigenvalue weighted by atomic mass is 10.3. The molecular weight excluding hydrogens is 354 g/mol. The maximum Gasteiger partial charge on any atom is 0.344 e. The van der Waals surface area contributed by atoms with Gasteiger partial charge in [-0.2, -0.15) is 0 Å². The van der Waals surface area contributed by atoms with Crippen LogP contribution in [0.15, 0.2) is 0 Å². The van der Waals surface area contributed by atoms with Crippen molar-refractivity contribution in [3.8, 4) is 0 Å². The van der Waals surface area contributed by atoms with Gasteiger partial charge in [-0.25, -0.2) is 0 Å². The first kappa shape index (κ1) is 22.3. The fourth-order valence-electron chi connectivity index (χ4n) is 2.69. The average Bonchev–Trinajstić information content (AvgIpc) is 2.47. The second kappa shape index (κ2) is 11.0. The van der Waals surface area contributed by atoms with Crippen molar-refractivity contribution in [2.75, 3.05) is 58.8 Å². The molecule has 0 atom stereocenters. The summed E-state index contributed by atoms with van der Waals surface area (Å²) < 4.78 is 46.8. The highest BCUT2D eigenvalue weighted by Gasteiger charge is 2.33. The van der Waals surface area contributed by atoms with Crippen LogP contribution in [0.2, 0.25) is 0 Å². The monoisotopic (exact) mass is 386 g/mol. The van der Waals surface area contributed by atoms with Crippen molar-refractivity contribution in [2.24, 2.45) is 0 Å². The summed E-state index contributed by atoms with van der Waals surface area (Å²) in [5.41, 5.74) is 0. The zero-order valence-corrected chi connectivity index (χ0v) is 17.1. The molecule has 0 spiro atoms. The molecule has 1 aliphatic heterocycles. The molecule has 0 N–H and O–H groups in total. The lowest BCUT2D eigenvalue weighted by molar-refractivity contribution is 0.0942. The largest absolute Gasteiger partial charge is 0.344 e. The van der Waals surface area contributed by atoms with Crippen LogP contribution in [0.5, 0.6) is 0 Å². The van der Waals surface area contributed by atoms with Crippen molar-refractivity contribution in [3.63, 3.8) is 0 Å². The van der Waals surface area contributed by atoms with Gasteiger partial charge in [0.05, 0.1) is 33.1 Å². The SMILES string of the molecule is CCOP(=O)(CN1CCCN(CP(=O)(OCC)OCC)C1)OCC. The third-order valence-electron chi connectivity index (χ3n) is 3.40. The molecule has 8 nitrogen and oxygen atoms in total. The fraction of sp³-hybridized carbons (Fsp3) is 1.00. The second-order valence-corrected chi connectivity index (χ2v) is 9.50. The maximum atomic E-state index is 12.7. The number of hydrogen-bond donors (Lipinski definition) is 0. The van der Waals surface area contributed by atoms with Gasteiger partial charge in [0.15, 0.2) is 0 Å². The molecule has 0 aromatic heterocycles. The highest BCUT2D eigenvalue weighted by molar-refractivity contribution is 7.54. The van der Waals surface area contributed by atoms with E-state index in [4.69, 9.17) is 18.1 Å². The van der Waals surface area contributed by atoms with Crippen molar-refractivity contribution in [2.45, 2.75) is 34.1 Å². The van der Waals surface area contributed by atoms with Gasteiger partial charge in [0, 0.05) is 13.1 Å². The van der Waals surface area contributed by atoms with Gasteiger partial charge < -0.3 is 18.1 Å². The molecule has 24 heavy (non-hydrogen) atoms. The molecule has 1 heterocycles. The summed E-state index contributed by atoms with van der Waals surface area (Å²) in [6.45, 7) is 10.7. The summed E-state index contributed by atoms with van der Waals surface area (Å²) >= 11 is 0. The molecule has 10 heteroatoms. The highest BCUT2D eigenvalue weighted by Crippen LogP contribution is 2.50. The van der Waals surface area contributed by atoms with Gasteiger partial charge in [-0.3, -0.25) is 18.9 Å². The molecule has 0 unspecified atom stereocenters. The Labute approximate surface area is 145 Å². The van der Waals surface area contributed by atoms with Gasteiger partial charge in [-0.05, 0) is 34.1 Å². The lowest BCUT2D eigenvalue weighted by Crippen LogP contribution is -2.45. The summed E-state index contributed by atoms with van der Waals surface area (Å²) in [6.07, 6.45) is 1.36. The molecular formula is C14H32N2O6P2. The molecule has 1 fully saturated rings. The van der Waals surface area contributed by atoms with Crippen LogP contribution < -0.4 is 0 Å². The van der Waals surface area contributed by atoms with Crippen LogP contribution in [0.1, 0.15) is 34.1 Å². The van der Waals surface area contributed by atoms with E-state index < -0.39 is 15.2 Å². The Bertz CT molecular complexity index is 393. The Morgan fingerprint density at radius 3 is 1.33 bits per heavy atom. The molecule has 144 valence electrons. The fourth-order valence-corrected chi connectivity index (χ4v) is 6.18. The van der Waals surface area contributed by atoms with Crippen molar-refractivity contribution in [3.05, 3.63) is 0 Å². The molecule has 1 saturated heterocycles. The first-order valence-electron chi connectivity index (χ1n) is 8.61. The van der Waals surface area contributed by atoms with E-state index in [9.17, 15) is 9.13 Å². The molecule has 0 bridgehead atoms. The molecule has 0 aromatic rings. The quantitative estimate of drug-likeness (QED) is 0.473. The molecule has 0 saturated carbocycles. The van der Waals surface area contributed by atoms with Gasteiger partial charge in [0.1, 0.15) is 12.6 Å². The number of nitrogens with zero attached hydrogens (tertiary/aromatic N) is 2. The van der Waals surface area contributed by atoms with E-state index in [1.54, 1.807) is 27.7 Å². The lowest BCUT2D eigenvalue weighted by Gasteiger charge is -2.37. The van der Waals surface area contributed by atoms with Crippen molar-refractivity contribution >= 4 is 15.2 Å². The predicted octanol–water partition coefficient (Wildman–Crippen LogP) is 3.40. The van der Waals surface area contributed by atoms with Crippen LogP contribution in [0.25, 0.3) is 0 Å². The minimum atomic E-state index is -3.12. The van der Waals surface area contributed by atoms with Crippen LogP contribution in [0.3, 0.4) is 0 Å². The van der Waals surface area contributed by atoms with Crippen LogP contribution in [0.4, 0.5) is 0 Å². The van der Waals surface area contributed by atoms with Crippen LogP contribution >= 0.6 is 15.2 Å². The number of rotatable bonds is 12. The first-order chi connectivity index (χ1) is 11.4. The van der Waals surface area contributed by atoms with Gasteiger partial charge in [0.25, 0.3) is 0 Å². The van der Waals surface area contributed by atoms with Crippen molar-refractivity contribution < 1.29 is 27.2 Å². The summed E-state index contributed by atoms with van der Waals surface area (Å²) in [7, 11) is -6.25. The molecule has 1 aliphatic rings. The van der Waals surface area contributed by atoms with Gasteiger partial charge in [-0.1, -0.05) is 0 Å². The molecule has 0 aromatic carbocycles. The van der Waals surface area contributed by atoms with Gasteiger partial charge >= 0.3 is 15.2 Å². The van der Waals surface area contributed by atoms with E-state index in [2.05, 4.69) is 0 Å². The van der Waals surface area contributed by atoms with E-state index in [0.29, 0.717) is 33.1 Å². The summed E-state index contributed by atoms with van der Waals surface area (Å²) in [5.74, 6) is 0. The normalized spacial score (nSPS) is 18.2. The molecule has 0 amide bonds. The Morgan fingerprint density at radius 1 is 0.708 bits per heavy atom. The van der Waals surface area contributed by atoms with Crippen molar-refractivity contribution in [1.82, 2.24) is 9.80 Å². The van der Waals surface area contributed by atoms with E-state index in [1.807, 2.05) is 9.80 Å². The summed E-state index contributed by atoms with van der Waals surface area (Å²) in [6, 6.07) is 0. The van der Waals surface area contributed by atoms with Crippen LogP contribution in [-0.2, 0) is 27.2 Å². The summed E-state index contributed by atoms with van der Waals surface area (Å²) in [5, 5.41) is 0. The predicted molar refractivity (Wildman–Crippen MR) is 94.3 cm³/mol. The first-order valence-corrected chi connectivity index (χ1v) is 12.1. The molecule has 1 rings (SSSR count). The maximum absolute atomic E-state index is 12.7. The van der Waals surface area contributed by atoms with Gasteiger partial charge in [-0.15, -0.1) is 0 Å². The minimum Gasteiger partial charge on any atom is -0.308 e. The zero-order chi connectivity index (χ0) is 18.1. The minimum absolute atomic E-state index is 0.235. The second-order valence-electron chi connectivity index (χ2n) is 5.46. The number of hydrogen-bond acceptors (Lipinski definition) is 8. The third kappa shape index (κ3) is 7.63. The molecule has 0 radical (unpaired) electrons. The van der Waals surface area contributed by atoms with E-state index in [0.717, 1.165) is 19.5 Å². The Balaban J connectivity index is 2.65. The van der Waals surface area contributed by atoms with E-state index in [1.165, 1.54) is 0 Å². The Morgan fingerprint density at radius 2 is 1.04 bits per heavy atom. The van der Waals surface area contributed by atoms with E-state index in [-0.39, 0.29) is 12.6 Å². The highest BCUT2D eigenvalue weighted by atomic mass is 31.2. The Hall–Kier alpha value is 0.220. The smallest absolute Gasteiger partial charge is 0.308 e. The van der Waals surface area contributed by atoms with Crippen LogP contribution in [0, 0.1) is 0 Å². The average molecular weight is 386 g/mol. The zero-order valence-electron chi connectivity index (χ0n) is 15.3. The van der Waals surface area contributed by atoms with Crippen molar-refractivity contribution in [1.29, 1.82) is 0 Å². The molecule has 0 aliphatic carbocycles. The summed E-state index contributed by atoms with van der Waals surface area (Å²) in [4.78, 5) is 4.02. The van der Waals surface area contributed by atoms with Gasteiger partial charge in [0.2, 0.25) is 0 Å². The van der Waals surface area contributed by atoms with E-state index >= 15 is 0 Å². The topological polar surface area (TPSA) is 77.5 Å². The van der Waals surface area contributed by atoms with Crippen LogP contribution in [-0.4, -0.2) is 68.6 Å².